The summed E-state index contributed by atoms with van der Waals surface area (Å²) < 4.78 is 0. The number of hydrogen-bond donors (Lipinski definition) is 3. The van der Waals surface area contributed by atoms with E-state index >= 15 is 0 Å². The SMILES string of the molecule is CSCC[C@H](NC(=O)NCCN(C)C)C(=O)O. The van der Waals surface area contributed by atoms with Crippen LogP contribution in [0.4, 0.5) is 4.79 Å². The zero-order valence-corrected chi connectivity index (χ0v) is 11.3. The van der Waals surface area contributed by atoms with Gasteiger partial charge in [0.05, 0.1) is 0 Å². The topological polar surface area (TPSA) is 81.7 Å². The highest BCUT2D eigenvalue weighted by atomic mass is 32.2. The lowest BCUT2D eigenvalue weighted by Gasteiger charge is -2.15. The Balaban J connectivity index is 3.91. The van der Waals surface area contributed by atoms with Gasteiger partial charge in [0.1, 0.15) is 6.04 Å². The van der Waals surface area contributed by atoms with Crippen LogP contribution in [-0.4, -0.2) is 67.2 Å². The van der Waals surface area contributed by atoms with Gasteiger partial charge in [-0.05, 0) is 32.5 Å². The lowest BCUT2D eigenvalue weighted by atomic mass is 10.2. The van der Waals surface area contributed by atoms with E-state index in [0.717, 1.165) is 6.54 Å². The number of likely N-dealkylation sites (N-methyl/N-ethyl adjacent to an activating group) is 1. The highest BCUT2D eigenvalue weighted by molar-refractivity contribution is 7.98. The first-order valence-electron chi connectivity index (χ1n) is 5.38. The van der Waals surface area contributed by atoms with E-state index in [2.05, 4.69) is 10.6 Å². The molecule has 0 fully saturated rings. The first-order valence-corrected chi connectivity index (χ1v) is 6.77. The number of aliphatic carboxylic acids is 1. The Morgan fingerprint density at radius 3 is 2.53 bits per heavy atom. The molecule has 0 aliphatic carbocycles. The lowest BCUT2D eigenvalue weighted by Crippen LogP contribution is -2.47. The quantitative estimate of drug-likeness (QED) is 0.576. The molecule has 0 heterocycles. The molecule has 17 heavy (non-hydrogen) atoms. The predicted molar refractivity (Wildman–Crippen MR) is 69.5 cm³/mol. The van der Waals surface area contributed by atoms with E-state index in [4.69, 9.17) is 5.11 Å². The highest BCUT2D eigenvalue weighted by Gasteiger charge is 2.18. The van der Waals surface area contributed by atoms with Crippen molar-refractivity contribution >= 4 is 23.8 Å². The fourth-order valence-electron chi connectivity index (χ4n) is 1.10. The van der Waals surface area contributed by atoms with Crippen LogP contribution in [0, 0.1) is 0 Å². The van der Waals surface area contributed by atoms with Gasteiger partial charge in [-0.25, -0.2) is 9.59 Å². The number of rotatable bonds is 8. The summed E-state index contributed by atoms with van der Waals surface area (Å²) in [4.78, 5) is 24.2. The van der Waals surface area contributed by atoms with Crippen molar-refractivity contribution in [3.63, 3.8) is 0 Å². The first-order chi connectivity index (χ1) is 7.97. The second kappa shape index (κ2) is 9.12. The molecule has 0 aromatic rings. The number of carboxylic acid groups (broad SMARTS) is 1. The molecule has 0 aromatic heterocycles. The van der Waals surface area contributed by atoms with Gasteiger partial charge in [0, 0.05) is 13.1 Å². The van der Waals surface area contributed by atoms with Crippen LogP contribution in [0.3, 0.4) is 0 Å². The van der Waals surface area contributed by atoms with Crippen molar-refractivity contribution in [3.05, 3.63) is 0 Å². The van der Waals surface area contributed by atoms with Crippen LogP contribution in [0.5, 0.6) is 0 Å². The number of carbonyl (C=O) groups is 2. The molecule has 1 atom stereocenters. The summed E-state index contributed by atoms with van der Waals surface area (Å²) in [5.41, 5.74) is 0. The number of carbonyl (C=O) groups excluding carboxylic acids is 1. The Morgan fingerprint density at radius 1 is 1.41 bits per heavy atom. The molecular formula is C10H21N3O3S. The molecule has 0 unspecified atom stereocenters. The lowest BCUT2D eigenvalue weighted by molar-refractivity contribution is -0.139. The summed E-state index contributed by atoms with van der Waals surface area (Å²) in [6, 6.07) is -1.25. The maximum Gasteiger partial charge on any atom is 0.326 e. The summed E-state index contributed by atoms with van der Waals surface area (Å²) in [6.45, 7) is 1.21. The average Bonchev–Trinajstić information content (AvgIpc) is 2.23. The highest BCUT2D eigenvalue weighted by Crippen LogP contribution is 2.00. The Hall–Kier alpha value is -0.950. The molecule has 6 nitrogen and oxygen atoms in total. The maximum absolute atomic E-state index is 11.4. The van der Waals surface area contributed by atoms with Gasteiger partial charge in [-0.1, -0.05) is 0 Å². The Kier molecular flexibility index (Phi) is 8.61. The predicted octanol–water partition coefficient (Wildman–Crippen LogP) is 0.0535. The maximum atomic E-state index is 11.4. The number of amides is 2. The number of nitrogens with zero attached hydrogens (tertiary/aromatic N) is 1. The van der Waals surface area contributed by atoms with Crippen molar-refractivity contribution in [2.45, 2.75) is 12.5 Å². The van der Waals surface area contributed by atoms with Crippen LogP contribution in [0.2, 0.25) is 0 Å². The second-order valence-corrected chi connectivity index (χ2v) is 4.86. The molecule has 0 aliphatic rings. The molecule has 3 N–H and O–H groups in total. The van der Waals surface area contributed by atoms with Crippen molar-refractivity contribution in [1.82, 2.24) is 15.5 Å². The first kappa shape index (κ1) is 16.1. The minimum Gasteiger partial charge on any atom is -0.480 e. The van der Waals surface area contributed by atoms with Crippen molar-refractivity contribution in [2.75, 3.05) is 39.2 Å². The molecule has 100 valence electrons. The Labute approximate surface area is 106 Å². The molecule has 0 aromatic carbocycles. The number of carboxylic acids is 1. The number of hydrogen-bond acceptors (Lipinski definition) is 4. The van der Waals surface area contributed by atoms with Crippen molar-refractivity contribution in [3.8, 4) is 0 Å². The monoisotopic (exact) mass is 263 g/mol. The summed E-state index contributed by atoms with van der Waals surface area (Å²) >= 11 is 1.55. The fourth-order valence-corrected chi connectivity index (χ4v) is 1.57. The summed E-state index contributed by atoms with van der Waals surface area (Å²) in [5.74, 6) is -0.295. The second-order valence-electron chi connectivity index (χ2n) is 3.88. The van der Waals surface area contributed by atoms with Gasteiger partial charge in [-0.3, -0.25) is 0 Å². The van der Waals surface area contributed by atoms with Crippen LogP contribution in [0.15, 0.2) is 0 Å². The third-order valence-electron chi connectivity index (χ3n) is 2.06. The van der Waals surface area contributed by atoms with Gasteiger partial charge < -0.3 is 20.6 Å². The van der Waals surface area contributed by atoms with Crippen LogP contribution in [0.25, 0.3) is 0 Å². The number of urea groups is 1. The van der Waals surface area contributed by atoms with E-state index in [0.29, 0.717) is 18.7 Å². The zero-order chi connectivity index (χ0) is 13.3. The molecular weight excluding hydrogens is 242 g/mol. The fraction of sp³-hybridized carbons (Fsp3) is 0.800. The van der Waals surface area contributed by atoms with E-state index in [9.17, 15) is 9.59 Å². The third-order valence-corrected chi connectivity index (χ3v) is 2.70. The third kappa shape index (κ3) is 8.82. The van der Waals surface area contributed by atoms with Gasteiger partial charge in [0.15, 0.2) is 0 Å². The van der Waals surface area contributed by atoms with Crippen molar-refractivity contribution in [2.24, 2.45) is 0 Å². The molecule has 0 bridgehead atoms. The standard InChI is InChI=1S/C10H21N3O3S/c1-13(2)6-5-11-10(16)12-8(9(14)15)4-7-17-3/h8H,4-7H2,1-3H3,(H,14,15)(H2,11,12,16)/t8-/m0/s1. The summed E-state index contributed by atoms with van der Waals surface area (Å²) in [6.07, 6.45) is 2.33. The molecule has 2 amide bonds. The minimum atomic E-state index is -0.998. The summed E-state index contributed by atoms with van der Waals surface area (Å²) in [5, 5.41) is 14.0. The molecule has 0 spiro atoms. The van der Waals surface area contributed by atoms with E-state index < -0.39 is 18.0 Å². The van der Waals surface area contributed by atoms with Crippen LogP contribution in [-0.2, 0) is 4.79 Å². The van der Waals surface area contributed by atoms with Crippen LogP contribution < -0.4 is 10.6 Å². The van der Waals surface area contributed by atoms with Gasteiger partial charge in [0.2, 0.25) is 0 Å². The molecule has 0 saturated carbocycles. The average molecular weight is 263 g/mol. The van der Waals surface area contributed by atoms with Crippen molar-refractivity contribution < 1.29 is 14.7 Å². The largest absolute Gasteiger partial charge is 0.480 e. The minimum absolute atomic E-state index is 0.428. The van der Waals surface area contributed by atoms with Crippen LogP contribution in [0.1, 0.15) is 6.42 Å². The molecule has 7 heteroatoms. The molecule has 0 rings (SSSR count). The van der Waals surface area contributed by atoms with E-state index in [-0.39, 0.29) is 0 Å². The Morgan fingerprint density at radius 2 is 2.06 bits per heavy atom. The Bertz CT molecular complexity index is 249. The van der Waals surface area contributed by atoms with E-state index in [1.165, 1.54) is 0 Å². The van der Waals surface area contributed by atoms with Gasteiger partial charge >= 0.3 is 12.0 Å². The zero-order valence-electron chi connectivity index (χ0n) is 10.5. The van der Waals surface area contributed by atoms with E-state index in [1.807, 2.05) is 25.3 Å². The van der Waals surface area contributed by atoms with Crippen LogP contribution >= 0.6 is 11.8 Å². The number of nitrogens with one attached hydrogen (secondary N) is 2. The van der Waals surface area contributed by atoms with Crippen molar-refractivity contribution in [1.29, 1.82) is 0 Å². The summed E-state index contributed by atoms with van der Waals surface area (Å²) in [7, 11) is 3.80. The van der Waals surface area contributed by atoms with Gasteiger partial charge in [-0.2, -0.15) is 11.8 Å². The van der Waals surface area contributed by atoms with Gasteiger partial charge in [0.25, 0.3) is 0 Å². The number of thioether (sulfide) groups is 1. The van der Waals surface area contributed by atoms with Gasteiger partial charge in [-0.15, -0.1) is 0 Å². The molecule has 0 saturated heterocycles. The smallest absolute Gasteiger partial charge is 0.326 e. The normalized spacial score (nSPS) is 12.2. The molecule has 0 radical (unpaired) electrons. The molecule has 0 aliphatic heterocycles. The van der Waals surface area contributed by atoms with E-state index in [1.54, 1.807) is 11.8 Å².